The number of hydrogen-bond donors (Lipinski definition) is 3. The number of fused-ring (bicyclic) bond motifs is 1. The van der Waals surface area contributed by atoms with Gasteiger partial charge in [0.05, 0.1) is 25.0 Å². The van der Waals surface area contributed by atoms with Crippen molar-refractivity contribution in [1.29, 1.82) is 0 Å². The number of ether oxygens (including phenoxy) is 1. The third-order valence-electron chi connectivity index (χ3n) is 5.40. The molecule has 3 N–H and O–H groups in total. The Balaban J connectivity index is 1.49. The molecule has 0 bridgehead atoms. The molecule has 4 aromatic rings. The van der Waals surface area contributed by atoms with E-state index in [4.69, 9.17) is 16.3 Å². The third kappa shape index (κ3) is 4.30. The lowest BCUT2D eigenvalue weighted by atomic mass is 10.1. The highest BCUT2D eigenvalue weighted by Gasteiger charge is 2.23. The Hall–Kier alpha value is -3.96. The largest absolute Gasteiger partial charge is 0.496 e. The number of benzene rings is 1. The van der Waals surface area contributed by atoms with Gasteiger partial charge in [0, 0.05) is 42.3 Å². The summed E-state index contributed by atoms with van der Waals surface area (Å²) in [5.41, 5.74) is 2.09. The molecular weight excluding hydrogens is 460 g/mol. The molecule has 11 nitrogen and oxygen atoms in total. The van der Waals surface area contributed by atoms with Gasteiger partial charge in [0.25, 0.3) is 5.91 Å². The van der Waals surface area contributed by atoms with Crippen molar-refractivity contribution in [3.05, 3.63) is 59.6 Å². The van der Waals surface area contributed by atoms with Crippen LogP contribution in [0.3, 0.4) is 0 Å². The van der Waals surface area contributed by atoms with Crippen molar-refractivity contribution in [3.8, 4) is 17.0 Å². The van der Waals surface area contributed by atoms with Crippen LogP contribution >= 0.6 is 11.6 Å². The Bertz CT molecular complexity index is 1380. The molecule has 0 aliphatic carbocycles. The fraction of sp³-hybridized carbons (Fsp3) is 0.227. The van der Waals surface area contributed by atoms with Crippen LogP contribution in [0.1, 0.15) is 10.4 Å². The van der Waals surface area contributed by atoms with Gasteiger partial charge in [-0.1, -0.05) is 11.6 Å². The van der Waals surface area contributed by atoms with E-state index in [9.17, 15) is 9.59 Å². The highest BCUT2D eigenvalue weighted by atomic mass is 35.5. The molecule has 1 aromatic carbocycles. The Labute approximate surface area is 199 Å². The number of carbonyl (C=O) groups is 2. The number of rotatable bonds is 7. The minimum Gasteiger partial charge on any atom is -0.496 e. The maximum Gasteiger partial charge on any atom is 0.261 e. The van der Waals surface area contributed by atoms with Gasteiger partial charge in [0.2, 0.25) is 5.91 Å². The lowest BCUT2D eigenvalue weighted by Crippen LogP contribution is -2.57. The summed E-state index contributed by atoms with van der Waals surface area (Å²) < 4.78 is 8.47. The van der Waals surface area contributed by atoms with E-state index in [1.54, 1.807) is 42.9 Å². The maximum atomic E-state index is 13.1. The highest BCUT2D eigenvalue weighted by molar-refractivity contribution is 6.31. The van der Waals surface area contributed by atoms with Crippen molar-refractivity contribution < 1.29 is 14.3 Å². The van der Waals surface area contributed by atoms with Crippen molar-refractivity contribution in [1.82, 2.24) is 35.0 Å². The zero-order valence-corrected chi connectivity index (χ0v) is 18.9. The van der Waals surface area contributed by atoms with Crippen molar-refractivity contribution in [2.24, 2.45) is 0 Å². The summed E-state index contributed by atoms with van der Waals surface area (Å²) in [6, 6.07) is 6.94. The molecule has 1 saturated heterocycles. The lowest BCUT2D eigenvalue weighted by Gasteiger charge is -2.27. The van der Waals surface area contributed by atoms with Gasteiger partial charge in [-0.15, -0.1) is 0 Å². The standard InChI is InChI=1S/C22H21ClN8O3/c1-34-18-4-3-13(23)7-15(18)20-17(11-30(29-20)12-19(32)27-14-8-24-9-14)28-22(33)16-10-26-31-6-2-5-25-21(16)31/h2-7,10-11,14,24H,8-9,12H2,1H3,(H,27,32)(H,28,33). The first-order chi connectivity index (χ1) is 16.5. The first kappa shape index (κ1) is 21.9. The van der Waals surface area contributed by atoms with E-state index < -0.39 is 5.91 Å². The lowest BCUT2D eigenvalue weighted by molar-refractivity contribution is -0.122. The molecule has 34 heavy (non-hydrogen) atoms. The van der Waals surface area contributed by atoms with E-state index in [0.29, 0.717) is 38.9 Å². The predicted octanol–water partition coefficient (Wildman–Crippen LogP) is 1.60. The number of anilines is 1. The molecule has 174 valence electrons. The van der Waals surface area contributed by atoms with E-state index in [2.05, 4.69) is 31.1 Å². The molecule has 0 saturated carbocycles. The number of nitrogens with zero attached hydrogens (tertiary/aromatic N) is 5. The van der Waals surface area contributed by atoms with Crippen LogP contribution in [0.15, 0.2) is 49.1 Å². The Morgan fingerprint density at radius 1 is 1.32 bits per heavy atom. The molecule has 3 aromatic heterocycles. The smallest absolute Gasteiger partial charge is 0.261 e. The summed E-state index contributed by atoms with van der Waals surface area (Å²) in [5, 5.41) is 18.1. The molecule has 4 heterocycles. The van der Waals surface area contributed by atoms with Gasteiger partial charge in [-0.2, -0.15) is 10.2 Å². The summed E-state index contributed by atoms with van der Waals surface area (Å²) in [6.07, 6.45) is 6.34. The number of aromatic nitrogens is 5. The molecule has 1 fully saturated rings. The predicted molar refractivity (Wildman–Crippen MR) is 125 cm³/mol. The Morgan fingerprint density at radius 3 is 2.94 bits per heavy atom. The summed E-state index contributed by atoms with van der Waals surface area (Å²) in [4.78, 5) is 29.8. The zero-order chi connectivity index (χ0) is 23.7. The first-order valence-electron chi connectivity index (χ1n) is 10.5. The Kier molecular flexibility index (Phi) is 5.86. The van der Waals surface area contributed by atoms with Crippen LogP contribution < -0.4 is 20.7 Å². The molecule has 0 unspecified atom stereocenters. The molecule has 0 atom stereocenters. The van der Waals surface area contributed by atoms with Crippen LogP contribution in [0.5, 0.6) is 5.75 Å². The summed E-state index contributed by atoms with van der Waals surface area (Å²) in [7, 11) is 1.53. The van der Waals surface area contributed by atoms with Crippen molar-refractivity contribution in [3.63, 3.8) is 0 Å². The molecule has 5 rings (SSSR count). The fourth-order valence-corrected chi connectivity index (χ4v) is 3.82. The van der Waals surface area contributed by atoms with Crippen molar-refractivity contribution in [2.45, 2.75) is 12.6 Å². The minimum absolute atomic E-state index is 0.0134. The van der Waals surface area contributed by atoms with E-state index in [1.165, 1.54) is 22.5 Å². The van der Waals surface area contributed by atoms with E-state index >= 15 is 0 Å². The van der Waals surface area contributed by atoms with E-state index in [0.717, 1.165) is 13.1 Å². The Morgan fingerprint density at radius 2 is 2.18 bits per heavy atom. The van der Waals surface area contributed by atoms with Gasteiger partial charge in [-0.05, 0) is 24.3 Å². The third-order valence-corrected chi connectivity index (χ3v) is 5.64. The average Bonchev–Trinajstić information content (AvgIpc) is 3.40. The zero-order valence-electron chi connectivity index (χ0n) is 18.2. The quantitative estimate of drug-likeness (QED) is 0.366. The van der Waals surface area contributed by atoms with E-state index in [-0.39, 0.29) is 18.5 Å². The molecular formula is C22H21ClN8O3. The van der Waals surface area contributed by atoms with Gasteiger partial charge >= 0.3 is 0 Å². The number of methoxy groups -OCH3 is 1. The molecule has 1 aliphatic rings. The monoisotopic (exact) mass is 480 g/mol. The van der Waals surface area contributed by atoms with Gasteiger partial charge < -0.3 is 20.7 Å². The summed E-state index contributed by atoms with van der Waals surface area (Å²) in [6.45, 7) is 1.47. The number of hydrogen-bond acceptors (Lipinski definition) is 7. The van der Waals surface area contributed by atoms with Gasteiger partial charge in [-0.25, -0.2) is 9.50 Å². The highest BCUT2D eigenvalue weighted by Crippen LogP contribution is 2.36. The van der Waals surface area contributed by atoms with Crippen molar-refractivity contribution in [2.75, 3.05) is 25.5 Å². The average molecular weight is 481 g/mol. The molecule has 0 spiro atoms. The SMILES string of the molecule is COc1ccc(Cl)cc1-c1nn(CC(=O)NC2CNC2)cc1NC(=O)c1cnn2cccnc12. The van der Waals surface area contributed by atoms with Crippen LogP contribution in [0, 0.1) is 0 Å². The van der Waals surface area contributed by atoms with Gasteiger partial charge in [-0.3, -0.25) is 14.3 Å². The van der Waals surface area contributed by atoms with Crippen LogP contribution in [0.25, 0.3) is 16.9 Å². The normalized spacial score (nSPS) is 13.5. The molecule has 2 amide bonds. The molecule has 1 aliphatic heterocycles. The minimum atomic E-state index is -0.416. The number of nitrogens with one attached hydrogen (secondary N) is 3. The summed E-state index contributed by atoms with van der Waals surface area (Å²) in [5.74, 6) is -0.0726. The first-order valence-corrected chi connectivity index (χ1v) is 10.9. The molecule has 0 radical (unpaired) electrons. The van der Waals surface area contributed by atoms with Crippen molar-refractivity contribution >= 4 is 34.7 Å². The summed E-state index contributed by atoms with van der Waals surface area (Å²) >= 11 is 6.23. The fourth-order valence-electron chi connectivity index (χ4n) is 3.65. The second-order valence-corrected chi connectivity index (χ2v) is 8.19. The van der Waals surface area contributed by atoms with Crippen LogP contribution in [0.4, 0.5) is 5.69 Å². The topological polar surface area (TPSA) is 127 Å². The van der Waals surface area contributed by atoms with Crippen LogP contribution in [-0.4, -0.2) is 62.4 Å². The van der Waals surface area contributed by atoms with Gasteiger partial charge in [0.15, 0.2) is 5.65 Å². The number of halogens is 1. The van der Waals surface area contributed by atoms with Gasteiger partial charge in [0.1, 0.15) is 23.6 Å². The molecule has 12 heteroatoms. The van der Waals surface area contributed by atoms with Crippen LogP contribution in [0.2, 0.25) is 5.02 Å². The van der Waals surface area contributed by atoms with E-state index in [1.807, 2.05) is 0 Å². The second kappa shape index (κ2) is 9.12. The van der Waals surface area contributed by atoms with Crippen LogP contribution in [-0.2, 0) is 11.3 Å². The maximum absolute atomic E-state index is 13.1. The number of carbonyl (C=O) groups excluding carboxylic acids is 2. The number of amides is 2. The second-order valence-electron chi connectivity index (χ2n) is 7.76.